The van der Waals surface area contributed by atoms with Gasteiger partial charge in [-0.3, -0.25) is 9.59 Å². The number of amides is 1. The number of hydrogen-bond donors (Lipinski definition) is 1. The van der Waals surface area contributed by atoms with Crippen molar-refractivity contribution in [1.29, 1.82) is 0 Å². The Morgan fingerprint density at radius 2 is 1.84 bits per heavy atom. The third-order valence-electron chi connectivity index (χ3n) is 5.12. The molecule has 0 radical (unpaired) electrons. The van der Waals surface area contributed by atoms with Crippen molar-refractivity contribution in [2.75, 3.05) is 5.32 Å². The molecule has 1 amide bonds. The van der Waals surface area contributed by atoms with Crippen LogP contribution in [0.3, 0.4) is 0 Å². The average molecular weight is 425 g/mol. The SMILES string of the molecule is CC(C(=O)Nc1ccccc1-c1cn2ccccc2n1)n1nc(-n2cccn2)ccc1=O. The normalized spacial score (nSPS) is 12.0. The Bertz CT molecular complexity index is 1430. The van der Waals surface area contributed by atoms with Gasteiger partial charge in [0.2, 0.25) is 5.91 Å². The molecule has 158 valence electrons. The lowest BCUT2D eigenvalue weighted by atomic mass is 10.1. The maximum atomic E-state index is 13.1. The monoisotopic (exact) mass is 425 g/mol. The molecule has 0 aliphatic carbocycles. The lowest BCUT2D eigenvalue weighted by Gasteiger charge is -2.16. The van der Waals surface area contributed by atoms with Crippen molar-refractivity contribution in [1.82, 2.24) is 28.9 Å². The third kappa shape index (κ3) is 3.56. The summed E-state index contributed by atoms with van der Waals surface area (Å²) in [6, 6.07) is 17.0. The van der Waals surface area contributed by atoms with Gasteiger partial charge < -0.3 is 9.72 Å². The van der Waals surface area contributed by atoms with Crippen LogP contribution in [0.25, 0.3) is 22.7 Å². The quantitative estimate of drug-likeness (QED) is 0.467. The van der Waals surface area contributed by atoms with Gasteiger partial charge in [0.15, 0.2) is 5.82 Å². The first-order chi connectivity index (χ1) is 15.6. The lowest BCUT2D eigenvalue weighted by Crippen LogP contribution is -2.33. The van der Waals surface area contributed by atoms with Crippen molar-refractivity contribution >= 4 is 17.2 Å². The molecule has 1 atom stereocenters. The summed E-state index contributed by atoms with van der Waals surface area (Å²) in [5.41, 5.74) is 2.54. The van der Waals surface area contributed by atoms with Crippen LogP contribution in [0.4, 0.5) is 5.69 Å². The number of rotatable bonds is 5. The molecule has 0 spiro atoms. The molecule has 0 bridgehead atoms. The number of pyridine rings is 1. The molecule has 4 aromatic heterocycles. The second-order valence-corrected chi connectivity index (χ2v) is 7.23. The van der Waals surface area contributed by atoms with Gasteiger partial charge in [-0.1, -0.05) is 24.3 Å². The van der Waals surface area contributed by atoms with Gasteiger partial charge in [0.25, 0.3) is 5.56 Å². The molecule has 1 aromatic carbocycles. The predicted molar refractivity (Wildman–Crippen MR) is 120 cm³/mol. The van der Waals surface area contributed by atoms with Gasteiger partial charge in [-0.2, -0.15) is 5.10 Å². The van der Waals surface area contributed by atoms with Gasteiger partial charge in [-0.25, -0.2) is 14.3 Å². The highest BCUT2D eigenvalue weighted by molar-refractivity contribution is 5.97. The van der Waals surface area contributed by atoms with Crippen LogP contribution in [0.2, 0.25) is 0 Å². The van der Waals surface area contributed by atoms with Crippen LogP contribution in [0.5, 0.6) is 0 Å². The van der Waals surface area contributed by atoms with Crippen LogP contribution in [-0.2, 0) is 4.79 Å². The first-order valence-electron chi connectivity index (χ1n) is 10.0. The van der Waals surface area contributed by atoms with Crippen molar-refractivity contribution in [3.63, 3.8) is 0 Å². The van der Waals surface area contributed by atoms with E-state index in [1.54, 1.807) is 37.5 Å². The molecule has 0 saturated heterocycles. The number of benzene rings is 1. The van der Waals surface area contributed by atoms with E-state index in [0.29, 0.717) is 11.5 Å². The minimum atomic E-state index is -0.841. The molecular formula is C23H19N7O2. The summed E-state index contributed by atoms with van der Waals surface area (Å²) in [4.78, 5) is 30.1. The number of nitrogens with zero attached hydrogens (tertiary/aromatic N) is 6. The Balaban J connectivity index is 1.45. The number of anilines is 1. The van der Waals surface area contributed by atoms with Crippen LogP contribution in [0, 0.1) is 0 Å². The largest absolute Gasteiger partial charge is 0.324 e. The van der Waals surface area contributed by atoms with E-state index in [1.807, 2.05) is 53.2 Å². The van der Waals surface area contributed by atoms with E-state index >= 15 is 0 Å². The molecule has 1 unspecified atom stereocenters. The number of fused-ring (bicyclic) bond motifs is 1. The summed E-state index contributed by atoms with van der Waals surface area (Å²) >= 11 is 0. The number of aromatic nitrogens is 6. The summed E-state index contributed by atoms with van der Waals surface area (Å²) in [6.45, 7) is 1.63. The molecule has 1 N–H and O–H groups in total. The Labute approximate surface area is 182 Å². The highest BCUT2D eigenvalue weighted by Gasteiger charge is 2.20. The number of nitrogens with one attached hydrogen (secondary N) is 1. The number of carbonyl (C=O) groups is 1. The summed E-state index contributed by atoms with van der Waals surface area (Å²) in [7, 11) is 0. The van der Waals surface area contributed by atoms with E-state index in [4.69, 9.17) is 0 Å². The molecule has 5 rings (SSSR count). The van der Waals surface area contributed by atoms with Gasteiger partial charge in [0, 0.05) is 36.4 Å². The molecule has 4 heterocycles. The summed E-state index contributed by atoms with van der Waals surface area (Å²) < 4.78 is 4.60. The van der Waals surface area contributed by atoms with Crippen molar-refractivity contribution in [3.05, 3.63) is 95.8 Å². The van der Waals surface area contributed by atoms with Gasteiger partial charge in [-0.05, 0) is 37.3 Å². The van der Waals surface area contributed by atoms with Crippen molar-refractivity contribution < 1.29 is 4.79 Å². The van der Waals surface area contributed by atoms with Crippen molar-refractivity contribution in [3.8, 4) is 17.1 Å². The second kappa shape index (κ2) is 7.95. The first kappa shape index (κ1) is 19.4. The van der Waals surface area contributed by atoms with Crippen molar-refractivity contribution in [2.45, 2.75) is 13.0 Å². The molecule has 0 aliphatic heterocycles. The van der Waals surface area contributed by atoms with E-state index in [1.165, 1.54) is 10.7 Å². The highest BCUT2D eigenvalue weighted by atomic mass is 16.2. The molecule has 5 aromatic rings. The maximum Gasteiger partial charge on any atom is 0.267 e. The van der Waals surface area contributed by atoms with Crippen LogP contribution >= 0.6 is 0 Å². The zero-order chi connectivity index (χ0) is 22.1. The first-order valence-corrected chi connectivity index (χ1v) is 10.0. The van der Waals surface area contributed by atoms with Crippen LogP contribution < -0.4 is 10.9 Å². The zero-order valence-electron chi connectivity index (χ0n) is 17.2. The number of carbonyl (C=O) groups excluding carboxylic acids is 1. The molecular weight excluding hydrogens is 406 g/mol. The van der Waals surface area contributed by atoms with Crippen molar-refractivity contribution in [2.24, 2.45) is 0 Å². The van der Waals surface area contributed by atoms with E-state index in [-0.39, 0.29) is 11.5 Å². The number of imidazole rings is 1. The molecule has 0 fully saturated rings. The molecule has 9 heteroatoms. The summed E-state index contributed by atoms with van der Waals surface area (Å²) in [6.07, 6.45) is 7.15. The van der Waals surface area contributed by atoms with Crippen LogP contribution in [0.15, 0.2) is 90.2 Å². The third-order valence-corrected chi connectivity index (χ3v) is 5.12. The van der Waals surface area contributed by atoms with Crippen LogP contribution in [0.1, 0.15) is 13.0 Å². The Hall–Kier alpha value is -4.53. The minimum Gasteiger partial charge on any atom is -0.324 e. The fourth-order valence-electron chi connectivity index (χ4n) is 3.45. The van der Waals surface area contributed by atoms with E-state index in [0.717, 1.165) is 21.6 Å². The Kier molecular flexibility index (Phi) is 4.83. The average Bonchev–Trinajstić information content (AvgIpc) is 3.49. The predicted octanol–water partition coefficient (Wildman–Crippen LogP) is 2.94. The minimum absolute atomic E-state index is 0.367. The fraction of sp³-hybridized carbons (Fsp3) is 0.0870. The molecule has 0 aliphatic rings. The van der Waals surface area contributed by atoms with Gasteiger partial charge >= 0.3 is 0 Å². The zero-order valence-corrected chi connectivity index (χ0v) is 17.2. The highest BCUT2D eigenvalue weighted by Crippen LogP contribution is 2.28. The second-order valence-electron chi connectivity index (χ2n) is 7.23. The lowest BCUT2D eigenvalue weighted by molar-refractivity contribution is -0.119. The van der Waals surface area contributed by atoms with E-state index in [2.05, 4.69) is 20.5 Å². The topological polar surface area (TPSA) is 99.1 Å². The Morgan fingerprint density at radius 1 is 1.00 bits per heavy atom. The summed E-state index contributed by atoms with van der Waals surface area (Å²) in [5.74, 6) is 0.0766. The molecule has 9 nitrogen and oxygen atoms in total. The fourth-order valence-corrected chi connectivity index (χ4v) is 3.45. The maximum absolute atomic E-state index is 13.1. The van der Waals surface area contributed by atoms with Gasteiger partial charge in [0.1, 0.15) is 11.7 Å². The Morgan fingerprint density at radius 3 is 2.66 bits per heavy atom. The number of para-hydroxylation sites is 1. The van der Waals surface area contributed by atoms with Crippen LogP contribution in [-0.4, -0.2) is 34.9 Å². The van der Waals surface area contributed by atoms with E-state index < -0.39 is 6.04 Å². The molecule has 32 heavy (non-hydrogen) atoms. The van der Waals surface area contributed by atoms with Gasteiger partial charge in [-0.15, -0.1) is 5.10 Å². The van der Waals surface area contributed by atoms with Gasteiger partial charge in [0.05, 0.1) is 11.4 Å². The number of hydrogen-bond acceptors (Lipinski definition) is 5. The van der Waals surface area contributed by atoms with E-state index in [9.17, 15) is 9.59 Å². The molecule has 0 saturated carbocycles. The summed E-state index contributed by atoms with van der Waals surface area (Å²) in [5, 5.41) is 11.4. The smallest absolute Gasteiger partial charge is 0.267 e. The standard InChI is InChI=1S/C23H19N7O2/c1-16(30-22(31)11-10-21(27-30)29-14-6-12-24-29)23(32)26-18-8-3-2-7-17(18)19-15-28-13-5-4-9-20(28)25-19/h2-16H,1H3,(H,26,32).